The summed E-state index contributed by atoms with van der Waals surface area (Å²) in [5, 5.41) is 5.09. The minimum atomic E-state index is -0.188. The van der Waals surface area contributed by atoms with Crippen LogP contribution in [-0.4, -0.2) is 10.7 Å². The Morgan fingerprint density at radius 3 is 2.62 bits per heavy atom. The van der Waals surface area contributed by atoms with Crippen LogP contribution in [0.5, 0.6) is 0 Å². The fraction of sp³-hybridized carbons (Fsp3) is 0.154. The van der Waals surface area contributed by atoms with Crippen LogP contribution in [0, 0.1) is 0 Å². The van der Waals surface area contributed by atoms with Crippen LogP contribution in [0.4, 0.5) is 5.69 Å². The highest BCUT2D eigenvalue weighted by molar-refractivity contribution is 9.10. The first-order chi connectivity index (χ1) is 7.68. The second-order valence-electron chi connectivity index (χ2n) is 3.63. The summed E-state index contributed by atoms with van der Waals surface area (Å²) in [4.78, 5) is 11.4. The molecule has 2 aromatic rings. The number of carbonyl (C=O) groups is 1. The first-order valence-corrected chi connectivity index (χ1v) is 6.03. The summed E-state index contributed by atoms with van der Waals surface area (Å²) in [6.45, 7) is 1.81. The molecule has 1 atom stereocenters. The zero-order chi connectivity index (χ0) is 11.5. The van der Waals surface area contributed by atoms with E-state index in [1.54, 1.807) is 6.92 Å². The Bertz CT molecular complexity index is 517. The van der Waals surface area contributed by atoms with E-state index in [9.17, 15) is 4.79 Å². The van der Waals surface area contributed by atoms with E-state index in [4.69, 9.17) is 0 Å². The van der Waals surface area contributed by atoms with Crippen LogP contribution in [0.25, 0.3) is 10.8 Å². The van der Waals surface area contributed by atoms with Gasteiger partial charge in [0.25, 0.3) is 0 Å². The predicted molar refractivity (Wildman–Crippen MR) is 71.0 cm³/mol. The third-order valence-electron chi connectivity index (χ3n) is 2.41. The highest BCUT2D eigenvalue weighted by Gasteiger charge is 2.09. The maximum absolute atomic E-state index is 11.6. The van der Waals surface area contributed by atoms with Crippen molar-refractivity contribution in [3.8, 4) is 0 Å². The van der Waals surface area contributed by atoms with Gasteiger partial charge in [0.1, 0.15) is 0 Å². The normalized spacial score (nSPS) is 12.4. The summed E-state index contributed by atoms with van der Waals surface area (Å²) in [5.41, 5.74) is 0.856. The molecule has 0 radical (unpaired) electrons. The molecule has 0 saturated heterocycles. The van der Waals surface area contributed by atoms with Crippen molar-refractivity contribution in [1.29, 1.82) is 0 Å². The van der Waals surface area contributed by atoms with E-state index in [1.165, 1.54) is 0 Å². The molecule has 0 spiro atoms. The number of hydrogen-bond acceptors (Lipinski definition) is 1. The zero-order valence-electron chi connectivity index (χ0n) is 8.91. The number of halogens is 1. The maximum Gasteiger partial charge on any atom is 0.237 e. The molecule has 2 aromatic carbocycles. The zero-order valence-corrected chi connectivity index (χ0v) is 10.5. The Labute approximate surface area is 103 Å². The van der Waals surface area contributed by atoms with Crippen molar-refractivity contribution in [3.05, 3.63) is 42.5 Å². The standard InChI is InChI=1S/C13H12BrNO/c1-9(14)13(16)15-12-8-4-6-10-5-2-3-7-11(10)12/h2-9H,1H3,(H,15,16)/t9-/m1/s1. The first kappa shape index (κ1) is 11.1. The van der Waals surface area contributed by atoms with Gasteiger partial charge in [0.05, 0.1) is 4.83 Å². The van der Waals surface area contributed by atoms with Gasteiger partial charge >= 0.3 is 0 Å². The van der Waals surface area contributed by atoms with Crippen LogP contribution >= 0.6 is 15.9 Å². The van der Waals surface area contributed by atoms with Gasteiger partial charge in [0, 0.05) is 11.1 Å². The van der Waals surface area contributed by atoms with Gasteiger partial charge in [-0.1, -0.05) is 52.3 Å². The van der Waals surface area contributed by atoms with E-state index < -0.39 is 0 Å². The lowest BCUT2D eigenvalue weighted by Crippen LogP contribution is -2.19. The summed E-state index contributed by atoms with van der Waals surface area (Å²) in [7, 11) is 0. The summed E-state index contributed by atoms with van der Waals surface area (Å²) in [6.07, 6.45) is 0. The van der Waals surface area contributed by atoms with E-state index in [0.717, 1.165) is 16.5 Å². The molecule has 3 heteroatoms. The number of rotatable bonds is 2. The highest BCUT2D eigenvalue weighted by Crippen LogP contribution is 2.23. The Kier molecular flexibility index (Phi) is 3.25. The van der Waals surface area contributed by atoms with Crippen molar-refractivity contribution >= 4 is 38.3 Å². The number of fused-ring (bicyclic) bond motifs is 1. The minimum absolute atomic E-state index is 0.0312. The number of nitrogens with one attached hydrogen (secondary N) is 1. The van der Waals surface area contributed by atoms with Gasteiger partial charge in [0.15, 0.2) is 0 Å². The molecule has 0 aliphatic carbocycles. The van der Waals surface area contributed by atoms with Gasteiger partial charge in [-0.3, -0.25) is 4.79 Å². The SMILES string of the molecule is C[C@@H](Br)C(=O)Nc1cccc2ccccc12. The Morgan fingerprint density at radius 1 is 1.19 bits per heavy atom. The smallest absolute Gasteiger partial charge is 0.237 e. The largest absolute Gasteiger partial charge is 0.325 e. The molecule has 0 bridgehead atoms. The number of benzene rings is 2. The van der Waals surface area contributed by atoms with Crippen molar-refractivity contribution < 1.29 is 4.79 Å². The van der Waals surface area contributed by atoms with Gasteiger partial charge in [-0.05, 0) is 18.4 Å². The van der Waals surface area contributed by atoms with Gasteiger partial charge < -0.3 is 5.32 Å². The monoisotopic (exact) mass is 277 g/mol. The van der Waals surface area contributed by atoms with Gasteiger partial charge in [0.2, 0.25) is 5.91 Å². The molecule has 0 aliphatic heterocycles. The second-order valence-corrected chi connectivity index (χ2v) is 5.01. The van der Waals surface area contributed by atoms with E-state index in [1.807, 2.05) is 42.5 Å². The Morgan fingerprint density at radius 2 is 1.88 bits per heavy atom. The van der Waals surface area contributed by atoms with Crippen molar-refractivity contribution in [2.75, 3.05) is 5.32 Å². The van der Waals surface area contributed by atoms with Crippen LogP contribution in [-0.2, 0) is 4.79 Å². The molecule has 0 fully saturated rings. The molecule has 1 amide bonds. The Balaban J connectivity index is 2.41. The summed E-state index contributed by atoms with van der Waals surface area (Å²) in [5.74, 6) is -0.0312. The summed E-state index contributed by atoms with van der Waals surface area (Å²) >= 11 is 3.25. The van der Waals surface area contributed by atoms with E-state index in [2.05, 4.69) is 21.2 Å². The number of carbonyl (C=O) groups excluding carboxylic acids is 1. The maximum atomic E-state index is 11.6. The quantitative estimate of drug-likeness (QED) is 0.836. The van der Waals surface area contributed by atoms with Crippen LogP contribution in [0.1, 0.15) is 6.92 Å². The molecule has 0 heterocycles. The molecule has 2 nitrogen and oxygen atoms in total. The second kappa shape index (κ2) is 4.66. The van der Waals surface area contributed by atoms with Crippen LogP contribution < -0.4 is 5.32 Å². The van der Waals surface area contributed by atoms with E-state index in [-0.39, 0.29) is 10.7 Å². The topological polar surface area (TPSA) is 29.1 Å². The molecule has 0 unspecified atom stereocenters. The summed E-state index contributed by atoms with van der Waals surface area (Å²) < 4.78 is 0. The molecular formula is C13H12BrNO. The average Bonchev–Trinajstić information content (AvgIpc) is 2.29. The van der Waals surface area contributed by atoms with Gasteiger partial charge in [-0.15, -0.1) is 0 Å². The fourth-order valence-electron chi connectivity index (χ4n) is 1.57. The molecule has 0 aliphatic rings. The predicted octanol–water partition coefficient (Wildman–Crippen LogP) is 3.56. The Hall–Kier alpha value is -1.35. The lowest BCUT2D eigenvalue weighted by Gasteiger charge is -2.09. The molecule has 16 heavy (non-hydrogen) atoms. The van der Waals surface area contributed by atoms with E-state index >= 15 is 0 Å². The van der Waals surface area contributed by atoms with Crippen LogP contribution in [0.2, 0.25) is 0 Å². The highest BCUT2D eigenvalue weighted by atomic mass is 79.9. The number of hydrogen-bond donors (Lipinski definition) is 1. The lowest BCUT2D eigenvalue weighted by molar-refractivity contribution is -0.115. The van der Waals surface area contributed by atoms with Crippen molar-refractivity contribution in [1.82, 2.24) is 0 Å². The molecule has 1 N–H and O–H groups in total. The molecular weight excluding hydrogens is 266 g/mol. The number of alkyl halides is 1. The van der Waals surface area contributed by atoms with Crippen LogP contribution in [0.3, 0.4) is 0 Å². The van der Waals surface area contributed by atoms with Gasteiger partial charge in [-0.2, -0.15) is 0 Å². The number of amides is 1. The minimum Gasteiger partial charge on any atom is -0.325 e. The average molecular weight is 278 g/mol. The molecule has 2 rings (SSSR count). The van der Waals surface area contributed by atoms with Gasteiger partial charge in [-0.25, -0.2) is 0 Å². The lowest BCUT2D eigenvalue weighted by atomic mass is 10.1. The molecule has 82 valence electrons. The van der Waals surface area contributed by atoms with Crippen molar-refractivity contribution in [2.45, 2.75) is 11.8 Å². The van der Waals surface area contributed by atoms with Crippen molar-refractivity contribution in [3.63, 3.8) is 0 Å². The number of anilines is 1. The molecule has 0 aromatic heterocycles. The third kappa shape index (κ3) is 2.25. The summed E-state index contributed by atoms with van der Waals surface area (Å²) in [6, 6.07) is 13.9. The molecule has 0 saturated carbocycles. The third-order valence-corrected chi connectivity index (χ3v) is 2.82. The van der Waals surface area contributed by atoms with Crippen molar-refractivity contribution in [2.24, 2.45) is 0 Å². The van der Waals surface area contributed by atoms with E-state index in [0.29, 0.717) is 0 Å². The first-order valence-electron chi connectivity index (χ1n) is 5.11. The van der Waals surface area contributed by atoms with Crippen LogP contribution in [0.15, 0.2) is 42.5 Å². The fourth-order valence-corrected chi connectivity index (χ4v) is 1.68.